The molecular formula is C23H19ClFN3O2. The second kappa shape index (κ2) is 7.29. The first kappa shape index (κ1) is 18.9. The lowest BCUT2D eigenvalue weighted by Gasteiger charge is -2.10. The van der Waals surface area contributed by atoms with E-state index >= 15 is 0 Å². The number of aryl methyl sites for hydroxylation is 1. The topological polar surface area (TPSA) is 49.0 Å². The minimum absolute atomic E-state index is 0.299. The SMILES string of the molecule is Cn1c(C2CC2)nc2c(F)cc(-n3ccc(OCc4ccc(Cl)cc4)cc3=O)cc21. The van der Waals surface area contributed by atoms with Gasteiger partial charge in [0.05, 0.1) is 11.2 Å². The third-order valence-electron chi connectivity index (χ3n) is 5.39. The lowest BCUT2D eigenvalue weighted by molar-refractivity contribution is 0.305. The van der Waals surface area contributed by atoms with E-state index in [0.29, 0.717) is 40.0 Å². The summed E-state index contributed by atoms with van der Waals surface area (Å²) < 4.78 is 23.8. The highest BCUT2D eigenvalue weighted by atomic mass is 35.5. The molecule has 0 aliphatic heterocycles. The quantitative estimate of drug-likeness (QED) is 0.455. The van der Waals surface area contributed by atoms with Crippen molar-refractivity contribution in [1.82, 2.24) is 14.1 Å². The number of pyridine rings is 1. The van der Waals surface area contributed by atoms with Crippen molar-refractivity contribution in [3.63, 3.8) is 0 Å². The molecule has 0 spiro atoms. The third kappa shape index (κ3) is 3.48. The Morgan fingerprint density at radius 2 is 1.93 bits per heavy atom. The smallest absolute Gasteiger partial charge is 0.258 e. The van der Waals surface area contributed by atoms with Gasteiger partial charge in [0.15, 0.2) is 5.82 Å². The molecule has 0 amide bonds. The summed E-state index contributed by atoms with van der Waals surface area (Å²) in [4.78, 5) is 17.1. The summed E-state index contributed by atoms with van der Waals surface area (Å²) in [6.45, 7) is 0.320. The van der Waals surface area contributed by atoms with Crippen molar-refractivity contribution in [2.24, 2.45) is 7.05 Å². The summed E-state index contributed by atoms with van der Waals surface area (Å²) in [5.74, 6) is 1.33. The average Bonchev–Trinajstić information content (AvgIpc) is 3.52. The molecule has 30 heavy (non-hydrogen) atoms. The van der Waals surface area contributed by atoms with Crippen LogP contribution in [0.2, 0.25) is 5.02 Å². The Balaban J connectivity index is 1.44. The summed E-state index contributed by atoms with van der Waals surface area (Å²) in [7, 11) is 1.89. The van der Waals surface area contributed by atoms with Crippen LogP contribution >= 0.6 is 11.6 Å². The van der Waals surface area contributed by atoms with E-state index in [1.54, 1.807) is 30.5 Å². The molecule has 1 fully saturated rings. The summed E-state index contributed by atoms with van der Waals surface area (Å²) in [6, 6.07) is 13.5. The van der Waals surface area contributed by atoms with Gasteiger partial charge in [0, 0.05) is 36.3 Å². The van der Waals surface area contributed by atoms with Crippen LogP contribution < -0.4 is 10.3 Å². The number of rotatable bonds is 5. The third-order valence-corrected chi connectivity index (χ3v) is 5.64. The first-order valence-electron chi connectivity index (χ1n) is 9.76. The molecule has 5 nitrogen and oxygen atoms in total. The number of aromatic nitrogens is 3. The van der Waals surface area contributed by atoms with Crippen molar-refractivity contribution in [1.29, 1.82) is 0 Å². The monoisotopic (exact) mass is 423 g/mol. The van der Waals surface area contributed by atoms with Crippen LogP contribution in [0.15, 0.2) is 59.5 Å². The highest BCUT2D eigenvalue weighted by molar-refractivity contribution is 6.30. The molecule has 0 radical (unpaired) electrons. The zero-order chi connectivity index (χ0) is 20.8. The molecular weight excluding hydrogens is 405 g/mol. The zero-order valence-electron chi connectivity index (χ0n) is 16.3. The van der Waals surface area contributed by atoms with Gasteiger partial charge in [-0.25, -0.2) is 9.37 Å². The van der Waals surface area contributed by atoms with Gasteiger partial charge in [-0.1, -0.05) is 23.7 Å². The Morgan fingerprint density at radius 1 is 1.17 bits per heavy atom. The van der Waals surface area contributed by atoms with Crippen LogP contribution in [0.4, 0.5) is 4.39 Å². The van der Waals surface area contributed by atoms with E-state index in [9.17, 15) is 9.18 Å². The second-order valence-corrected chi connectivity index (χ2v) is 8.02. The molecule has 4 aromatic rings. The van der Waals surface area contributed by atoms with Crippen molar-refractivity contribution >= 4 is 22.6 Å². The van der Waals surface area contributed by atoms with Gasteiger partial charge in [0.25, 0.3) is 5.56 Å². The number of imidazole rings is 1. The standard InChI is InChI=1S/C23H19ClFN3O2/c1-27-20-11-17(10-19(25)22(20)26-23(27)15-4-5-15)28-9-8-18(12-21(28)29)30-13-14-2-6-16(24)7-3-14/h2-3,6-12,15H,4-5,13H2,1H3. The van der Waals surface area contributed by atoms with Crippen LogP contribution in [0.3, 0.4) is 0 Å². The van der Waals surface area contributed by atoms with Gasteiger partial charge in [0.1, 0.15) is 23.7 Å². The highest BCUT2D eigenvalue weighted by Gasteiger charge is 2.29. The molecule has 0 unspecified atom stereocenters. The van der Waals surface area contributed by atoms with Crippen LogP contribution in [-0.4, -0.2) is 14.1 Å². The van der Waals surface area contributed by atoms with E-state index in [0.717, 1.165) is 24.2 Å². The van der Waals surface area contributed by atoms with Crippen molar-refractivity contribution in [2.75, 3.05) is 0 Å². The molecule has 2 aromatic carbocycles. The van der Waals surface area contributed by atoms with E-state index < -0.39 is 5.82 Å². The predicted molar refractivity (Wildman–Crippen MR) is 114 cm³/mol. The second-order valence-electron chi connectivity index (χ2n) is 7.58. The van der Waals surface area contributed by atoms with E-state index in [1.165, 1.54) is 16.7 Å². The zero-order valence-corrected chi connectivity index (χ0v) is 17.1. The number of ether oxygens (including phenoxy) is 1. The Morgan fingerprint density at radius 3 is 2.63 bits per heavy atom. The Bertz CT molecular complexity index is 1310. The molecule has 2 heterocycles. The first-order chi connectivity index (χ1) is 14.5. The molecule has 1 aliphatic rings. The largest absolute Gasteiger partial charge is 0.489 e. The van der Waals surface area contributed by atoms with Gasteiger partial charge in [-0.2, -0.15) is 0 Å². The minimum Gasteiger partial charge on any atom is -0.489 e. The summed E-state index contributed by atoms with van der Waals surface area (Å²) in [5, 5.41) is 0.656. The van der Waals surface area contributed by atoms with Gasteiger partial charge >= 0.3 is 0 Å². The normalized spacial score (nSPS) is 13.7. The fourth-order valence-corrected chi connectivity index (χ4v) is 3.73. The average molecular weight is 424 g/mol. The molecule has 7 heteroatoms. The molecule has 0 N–H and O–H groups in total. The molecule has 2 aromatic heterocycles. The van der Waals surface area contributed by atoms with Crippen LogP contribution in [0.1, 0.15) is 30.1 Å². The van der Waals surface area contributed by atoms with E-state index in [1.807, 2.05) is 23.7 Å². The highest BCUT2D eigenvalue weighted by Crippen LogP contribution is 2.40. The Hall–Kier alpha value is -3.12. The summed E-state index contributed by atoms with van der Waals surface area (Å²) in [6.07, 6.45) is 3.77. The van der Waals surface area contributed by atoms with Crippen LogP contribution in [-0.2, 0) is 13.7 Å². The van der Waals surface area contributed by atoms with Crippen LogP contribution in [0, 0.1) is 5.82 Å². The molecule has 0 atom stereocenters. The maximum atomic E-state index is 14.7. The first-order valence-corrected chi connectivity index (χ1v) is 10.1. The van der Waals surface area contributed by atoms with Gasteiger partial charge in [-0.15, -0.1) is 0 Å². The predicted octanol–water partition coefficient (Wildman–Crippen LogP) is 4.97. The molecule has 152 valence electrons. The molecule has 1 aliphatic carbocycles. The molecule has 5 rings (SSSR count). The maximum Gasteiger partial charge on any atom is 0.258 e. The van der Waals surface area contributed by atoms with E-state index in [2.05, 4.69) is 4.98 Å². The number of halogens is 2. The van der Waals surface area contributed by atoms with Crippen LogP contribution in [0.25, 0.3) is 16.7 Å². The van der Waals surface area contributed by atoms with Gasteiger partial charge in [-0.05, 0) is 42.7 Å². The Kier molecular flexibility index (Phi) is 4.59. The fraction of sp³-hybridized carbons (Fsp3) is 0.217. The summed E-state index contributed by atoms with van der Waals surface area (Å²) in [5.41, 5.74) is 2.13. The van der Waals surface area contributed by atoms with E-state index in [4.69, 9.17) is 16.3 Å². The lowest BCUT2D eigenvalue weighted by Crippen LogP contribution is -2.17. The van der Waals surface area contributed by atoms with Crippen LogP contribution in [0.5, 0.6) is 5.75 Å². The maximum absolute atomic E-state index is 14.7. The van der Waals surface area contributed by atoms with Crippen molar-refractivity contribution in [2.45, 2.75) is 25.4 Å². The number of nitrogens with zero attached hydrogens (tertiary/aromatic N) is 3. The molecule has 1 saturated carbocycles. The minimum atomic E-state index is -0.431. The Labute approximate surface area is 177 Å². The van der Waals surface area contributed by atoms with Gasteiger partial charge in [-0.3, -0.25) is 9.36 Å². The summed E-state index contributed by atoms with van der Waals surface area (Å²) >= 11 is 5.89. The van der Waals surface area contributed by atoms with Gasteiger partial charge in [0.2, 0.25) is 0 Å². The number of hydrogen-bond donors (Lipinski definition) is 0. The molecule has 0 saturated heterocycles. The van der Waals surface area contributed by atoms with E-state index in [-0.39, 0.29) is 5.56 Å². The van der Waals surface area contributed by atoms with Crippen molar-refractivity contribution in [3.05, 3.63) is 87.3 Å². The van der Waals surface area contributed by atoms with Crippen molar-refractivity contribution < 1.29 is 9.13 Å². The lowest BCUT2D eigenvalue weighted by atomic mass is 10.2. The number of fused-ring (bicyclic) bond motifs is 1. The molecule has 0 bridgehead atoms. The number of hydrogen-bond acceptors (Lipinski definition) is 3. The van der Waals surface area contributed by atoms with Gasteiger partial charge < -0.3 is 9.30 Å². The van der Waals surface area contributed by atoms with Crippen molar-refractivity contribution in [3.8, 4) is 11.4 Å². The number of benzene rings is 2. The fourth-order valence-electron chi connectivity index (χ4n) is 3.61.